The molecular formula is C16H20N4O2S. The number of benzene rings is 1. The average Bonchev–Trinajstić information content (AvgIpc) is 2.87. The summed E-state index contributed by atoms with van der Waals surface area (Å²) in [5.74, 6) is 1.69. The van der Waals surface area contributed by atoms with Gasteiger partial charge in [-0.25, -0.2) is 0 Å². The number of thioether (sulfide) groups is 1. The molecule has 122 valence electrons. The molecule has 1 N–H and O–H groups in total. The van der Waals surface area contributed by atoms with E-state index < -0.39 is 0 Å². The van der Waals surface area contributed by atoms with Gasteiger partial charge < -0.3 is 14.6 Å². The molecule has 0 saturated carbocycles. The lowest BCUT2D eigenvalue weighted by Crippen LogP contribution is -2.14. The number of carbonyl (C=O) groups is 1. The smallest absolute Gasteiger partial charge is 0.234 e. The summed E-state index contributed by atoms with van der Waals surface area (Å²) in [5, 5.41) is 11.7. The molecule has 2 rings (SSSR count). The van der Waals surface area contributed by atoms with Gasteiger partial charge >= 0.3 is 0 Å². The summed E-state index contributed by atoms with van der Waals surface area (Å²) in [6.07, 6.45) is 1.78. The second kappa shape index (κ2) is 8.38. The van der Waals surface area contributed by atoms with E-state index in [4.69, 9.17) is 4.74 Å². The van der Waals surface area contributed by atoms with Gasteiger partial charge in [-0.15, -0.1) is 16.8 Å². The number of nitrogens with one attached hydrogen (secondary N) is 1. The first-order chi connectivity index (χ1) is 11.1. The molecule has 0 atom stereocenters. The van der Waals surface area contributed by atoms with Crippen LogP contribution in [0.1, 0.15) is 12.7 Å². The number of amides is 1. The van der Waals surface area contributed by atoms with Crippen molar-refractivity contribution >= 4 is 23.4 Å². The first kappa shape index (κ1) is 17.1. The third-order valence-corrected chi connectivity index (χ3v) is 3.94. The van der Waals surface area contributed by atoms with E-state index in [1.165, 1.54) is 11.8 Å². The van der Waals surface area contributed by atoms with E-state index in [0.29, 0.717) is 24.0 Å². The van der Waals surface area contributed by atoms with Crippen LogP contribution in [0.5, 0.6) is 5.75 Å². The molecule has 6 nitrogen and oxygen atoms in total. The van der Waals surface area contributed by atoms with Crippen molar-refractivity contribution in [1.82, 2.24) is 14.8 Å². The van der Waals surface area contributed by atoms with Crippen LogP contribution in [0.15, 0.2) is 42.1 Å². The van der Waals surface area contributed by atoms with Crippen LogP contribution in [0, 0.1) is 6.92 Å². The van der Waals surface area contributed by atoms with Gasteiger partial charge in [0.2, 0.25) is 5.91 Å². The highest BCUT2D eigenvalue weighted by Crippen LogP contribution is 2.19. The molecule has 0 radical (unpaired) electrons. The van der Waals surface area contributed by atoms with Gasteiger partial charge in [-0.2, -0.15) is 0 Å². The van der Waals surface area contributed by atoms with Crippen LogP contribution in [-0.2, 0) is 11.3 Å². The van der Waals surface area contributed by atoms with Crippen LogP contribution in [0.3, 0.4) is 0 Å². The number of nitrogens with zero attached hydrogens (tertiary/aromatic N) is 3. The molecule has 0 aliphatic heterocycles. The van der Waals surface area contributed by atoms with Gasteiger partial charge in [0, 0.05) is 18.3 Å². The zero-order valence-electron chi connectivity index (χ0n) is 13.3. The van der Waals surface area contributed by atoms with Gasteiger partial charge in [0.05, 0.1) is 12.4 Å². The largest absolute Gasteiger partial charge is 0.494 e. The first-order valence-corrected chi connectivity index (χ1v) is 8.28. The fourth-order valence-electron chi connectivity index (χ4n) is 1.97. The van der Waals surface area contributed by atoms with Gasteiger partial charge in [0.15, 0.2) is 5.16 Å². The molecule has 0 fully saturated rings. The molecular weight excluding hydrogens is 312 g/mol. The van der Waals surface area contributed by atoms with Crippen molar-refractivity contribution in [2.75, 3.05) is 17.7 Å². The monoisotopic (exact) mass is 332 g/mol. The zero-order valence-corrected chi connectivity index (χ0v) is 14.1. The standard InChI is InChI=1S/C16H20N4O2S/c1-4-9-20-12(3)18-19-16(20)23-11-15(21)17-13-7-6-8-14(10-13)22-5-2/h4,6-8,10H,1,5,9,11H2,2-3H3,(H,17,21). The Kier molecular flexibility index (Phi) is 6.22. The van der Waals surface area contributed by atoms with Crippen LogP contribution in [0.4, 0.5) is 5.69 Å². The van der Waals surface area contributed by atoms with Gasteiger partial charge in [-0.3, -0.25) is 4.79 Å². The summed E-state index contributed by atoms with van der Waals surface area (Å²) in [5.41, 5.74) is 0.713. The Bertz CT molecular complexity index is 684. The van der Waals surface area contributed by atoms with Gasteiger partial charge in [-0.05, 0) is 26.0 Å². The van der Waals surface area contributed by atoms with Gasteiger partial charge in [0.1, 0.15) is 11.6 Å². The molecule has 0 saturated heterocycles. The van der Waals surface area contributed by atoms with Crippen LogP contribution in [0.2, 0.25) is 0 Å². The Morgan fingerprint density at radius 1 is 1.48 bits per heavy atom. The summed E-state index contributed by atoms with van der Waals surface area (Å²) < 4.78 is 7.33. The van der Waals surface area contributed by atoms with E-state index in [2.05, 4.69) is 22.1 Å². The number of anilines is 1. The van der Waals surface area contributed by atoms with Crippen molar-refractivity contribution in [3.63, 3.8) is 0 Å². The maximum Gasteiger partial charge on any atom is 0.234 e. The van der Waals surface area contributed by atoms with E-state index in [1.807, 2.05) is 36.6 Å². The molecule has 0 aliphatic rings. The molecule has 0 bridgehead atoms. The Balaban J connectivity index is 1.93. The number of aryl methyl sites for hydroxylation is 1. The SMILES string of the molecule is C=CCn1c(C)nnc1SCC(=O)Nc1cccc(OCC)c1. The summed E-state index contributed by atoms with van der Waals surface area (Å²) in [6, 6.07) is 7.33. The number of hydrogen-bond acceptors (Lipinski definition) is 5. The second-order valence-electron chi connectivity index (χ2n) is 4.73. The molecule has 0 unspecified atom stereocenters. The highest BCUT2D eigenvalue weighted by atomic mass is 32.2. The summed E-state index contributed by atoms with van der Waals surface area (Å²) in [4.78, 5) is 12.1. The predicted octanol–water partition coefficient (Wildman–Crippen LogP) is 2.90. The summed E-state index contributed by atoms with van der Waals surface area (Å²) in [7, 11) is 0. The Labute approximate surface area is 139 Å². The Morgan fingerprint density at radius 2 is 2.30 bits per heavy atom. The number of rotatable bonds is 8. The lowest BCUT2D eigenvalue weighted by atomic mass is 10.3. The molecule has 0 aliphatic carbocycles. The molecule has 7 heteroatoms. The minimum atomic E-state index is -0.102. The number of hydrogen-bond donors (Lipinski definition) is 1. The fourth-order valence-corrected chi connectivity index (χ4v) is 2.76. The normalized spacial score (nSPS) is 10.3. The Hall–Kier alpha value is -2.28. The number of ether oxygens (including phenoxy) is 1. The molecule has 2 aromatic rings. The third-order valence-electron chi connectivity index (χ3n) is 2.97. The predicted molar refractivity (Wildman–Crippen MR) is 91.9 cm³/mol. The van der Waals surface area contributed by atoms with E-state index in [0.717, 1.165) is 11.6 Å². The highest BCUT2D eigenvalue weighted by molar-refractivity contribution is 7.99. The van der Waals surface area contributed by atoms with Gasteiger partial charge in [0.25, 0.3) is 0 Å². The lowest BCUT2D eigenvalue weighted by Gasteiger charge is -2.08. The fraction of sp³-hybridized carbons (Fsp3) is 0.312. The molecule has 1 aromatic heterocycles. The molecule has 1 aromatic carbocycles. The van der Waals surface area contributed by atoms with Crippen LogP contribution < -0.4 is 10.1 Å². The Morgan fingerprint density at radius 3 is 3.04 bits per heavy atom. The minimum Gasteiger partial charge on any atom is -0.494 e. The quantitative estimate of drug-likeness (QED) is 0.594. The number of aromatic nitrogens is 3. The van der Waals surface area contributed by atoms with E-state index >= 15 is 0 Å². The minimum absolute atomic E-state index is 0.102. The molecule has 1 amide bonds. The molecule has 23 heavy (non-hydrogen) atoms. The summed E-state index contributed by atoms with van der Waals surface area (Å²) in [6.45, 7) is 8.72. The lowest BCUT2D eigenvalue weighted by molar-refractivity contribution is -0.113. The highest BCUT2D eigenvalue weighted by Gasteiger charge is 2.11. The van der Waals surface area contributed by atoms with Crippen molar-refractivity contribution in [3.8, 4) is 5.75 Å². The van der Waals surface area contributed by atoms with Crippen LogP contribution in [-0.4, -0.2) is 33.0 Å². The van der Waals surface area contributed by atoms with Gasteiger partial charge in [-0.1, -0.05) is 23.9 Å². The van der Waals surface area contributed by atoms with E-state index in [-0.39, 0.29) is 11.7 Å². The maximum atomic E-state index is 12.1. The number of carbonyl (C=O) groups excluding carboxylic acids is 1. The second-order valence-corrected chi connectivity index (χ2v) is 5.67. The van der Waals surface area contributed by atoms with Crippen molar-refractivity contribution in [3.05, 3.63) is 42.7 Å². The number of allylic oxidation sites excluding steroid dienone is 1. The van der Waals surface area contributed by atoms with E-state index in [9.17, 15) is 4.79 Å². The zero-order chi connectivity index (χ0) is 16.7. The van der Waals surface area contributed by atoms with Crippen molar-refractivity contribution in [2.45, 2.75) is 25.5 Å². The topological polar surface area (TPSA) is 69.0 Å². The third kappa shape index (κ3) is 4.85. The van der Waals surface area contributed by atoms with Crippen molar-refractivity contribution in [2.24, 2.45) is 0 Å². The maximum absolute atomic E-state index is 12.1. The van der Waals surface area contributed by atoms with Crippen molar-refractivity contribution < 1.29 is 9.53 Å². The van der Waals surface area contributed by atoms with Crippen LogP contribution in [0.25, 0.3) is 0 Å². The first-order valence-electron chi connectivity index (χ1n) is 7.30. The summed E-state index contributed by atoms with van der Waals surface area (Å²) >= 11 is 1.35. The van der Waals surface area contributed by atoms with E-state index in [1.54, 1.807) is 12.1 Å². The molecule has 1 heterocycles. The molecule has 0 spiro atoms. The van der Waals surface area contributed by atoms with Crippen LogP contribution >= 0.6 is 11.8 Å². The average molecular weight is 332 g/mol. The van der Waals surface area contributed by atoms with Crippen molar-refractivity contribution in [1.29, 1.82) is 0 Å².